The van der Waals surface area contributed by atoms with E-state index in [0.29, 0.717) is 22.3 Å². The van der Waals surface area contributed by atoms with Crippen molar-refractivity contribution in [3.63, 3.8) is 0 Å². The fourth-order valence-corrected chi connectivity index (χ4v) is 3.18. The Bertz CT molecular complexity index is 717. The zero-order chi connectivity index (χ0) is 16.4. The predicted molar refractivity (Wildman–Crippen MR) is 86.9 cm³/mol. The summed E-state index contributed by atoms with van der Waals surface area (Å²) < 4.78 is 10.8. The Hall–Kier alpha value is -1.72. The van der Waals surface area contributed by atoms with Gasteiger partial charge >= 0.3 is 0 Å². The van der Waals surface area contributed by atoms with Crippen LogP contribution in [0.3, 0.4) is 0 Å². The molecular formula is C16H16Cl2N2O3. The number of aryl methyl sites for hydroxylation is 1. The quantitative estimate of drug-likeness (QED) is 0.831. The molecule has 0 bridgehead atoms. The summed E-state index contributed by atoms with van der Waals surface area (Å²) in [6.45, 7) is 2.46. The summed E-state index contributed by atoms with van der Waals surface area (Å²) >= 11 is 11.9. The number of benzene rings is 1. The topological polar surface area (TPSA) is 55.6 Å². The van der Waals surface area contributed by atoms with Gasteiger partial charge in [0.2, 0.25) is 0 Å². The van der Waals surface area contributed by atoms with Crippen LogP contribution in [0, 0.1) is 6.92 Å². The zero-order valence-electron chi connectivity index (χ0n) is 12.6. The van der Waals surface area contributed by atoms with Crippen LogP contribution in [0.4, 0.5) is 0 Å². The first kappa shape index (κ1) is 16.1. The largest absolute Gasteiger partial charge is 0.482 e. The Balaban J connectivity index is 1.65. The molecule has 0 spiro atoms. The molecule has 1 aromatic heterocycles. The molecule has 2 heterocycles. The first-order valence-electron chi connectivity index (χ1n) is 7.35. The fraction of sp³-hybridized carbons (Fsp3) is 0.375. The van der Waals surface area contributed by atoms with E-state index >= 15 is 0 Å². The normalized spacial score (nSPS) is 17.5. The summed E-state index contributed by atoms with van der Waals surface area (Å²) in [5, 5.41) is 4.80. The van der Waals surface area contributed by atoms with Gasteiger partial charge in [-0.05, 0) is 38.0 Å². The molecule has 0 radical (unpaired) electrons. The molecule has 2 aromatic rings. The molecule has 1 fully saturated rings. The van der Waals surface area contributed by atoms with Crippen molar-refractivity contribution in [2.24, 2.45) is 0 Å². The molecule has 122 valence electrons. The van der Waals surface area contributed by atoms with Crippen molar-refractivity contribution >= 4 is 29.1 Å². The summed E-state index contributed by atoms with van der Waals surface area (Å²) in [5.41, 5.74) is 0.809. The summed E-state index contributed by atoms with van der Waals surface area (Å²) in [4.78, 5) is 14.2. The van der Waals surface area contributed by atoms with Crippen molar-refractivity contribution in [3.05, 3.63) is 45.8 Å². The fourth-order valence-electron chi connectivity index (χ4n) is 2.72. The number of amides is 1. The first-order valence-corrected chi connectivity index (χ1v) is 8.11. The number of hydrogen-bond acceptors (Lipinski definition) is 4. The first-order chi connectivity index (χ1) is 11.0. The van der Waals surface area contributed by atoms with E-state index in [9.17, 15) is 4.79 Å². The molecule has 0 saturated carbocycles. The van der Waals surface area contributed by atoms with Gasteiger partial charge in [-0.1, -0.05) is 28.4 Å². The molecule has 0 aliphatic carbocycles. The molecule has 0 unspecified atom stereocenters. The summed E-state index contributed by atoms with van der Waals surface area (Å²) in [5.74, 6) is 1.06. The van der Waals surface area contributed by atoms with Crippen LogP contribution < -0.4 is 4.74 Å². The SMILES string of the molecule is Cc1cc([C@H]2CCCN2C(=O)COc2ccc(Cl)cc2Cl)on1. The lowest BCUT2D eigenvalue weighted by molar-refractivity contribution is -0.134. The van der Waals surface area contributed by atoms with E-state index in [1.54, 1.807) is 23.1 Å². The maximum absolute atomic E-state index is 12.5. The van der Waals surface area contributed by atoms with E-state index in [0.717, 1.165) is 24.3 Å². The second kappa shape index (κ2) is 6.81. The number of rotatable bonds is 4. The molecule has 1 aromatic carbocycles. The van der Waals surface area contributed by atoms with Gasteiger partial charge in [-0.3, -0.25) is 4.79 Å². The average Bonchev–Trinajstić information content (AvgIpc) is 3.14. The Morgan fingerprint density at radius 1 is 1.43 bits per heavy atom. The van der Waals surface area contributed by atoms with Crippen molar-refractivity contribution in [2.45, 2.75) is 25.8 Å². The van der Waals surface area contributed by atoms with Crippen LogP contribution in [-0.4, -0.2) is 29.1 Å². The van der Waals surface area contributed by atoms with Crippen molar-refractivity contribution in [1.29, 1.82) is 0 Å². The van der Waals surface area contributed by atoms with E-state index in [1.165, 1.54) is 0 Å². The van der Waals surface area contributed by atoms with Crippen molar-refractivity contribution < 1.29 is 14.1 Å². The average molecular weight is 355 g/mol. The molecule has 7 heteroatoms. The highest BCUT2D eigenvalue weighted by Gasteiger charge is 2.32. The van der Waals surface area contributed by atoms with E-state index < -0.39 is 0 Å². The number of aromatic nitrogens is 1. The minimum Gasteiger partial charge on any atom is -0.482 e. The minimum absolute atomic E-state index is 0.0759. The number of halogens is 2. The maximum Gasteiger partial charge on any atom is 0.261 e. The van der Waals surface area contributed by atoms with Crippen molar-refractivity contribution in [3.8, 4) is 5.75 Å². The van der Waals surface area contributed by atoms with Crippen LogP contribution in [-0.2, 0) is 4.79 Å². The number of carbonyl (C=O) groups is 1. The van der Waals surface area contributed by atoms with Crippen LogP contribution in [0.25, 0.3) is 0 Å². The molecule has 1 saturated heterocycles. The lowest BCUT2D eigenvalue weighted by atomic mass is 10.1. The summed E-state index contributed by atoms with van der Waals surface area (Å²) in [6.07, 6.45) is 1.79. The molecule has 1 amide bonds. The molecule has 1 aliphatic rings. The zero-order valence-corrected chi connectivity index (χ0v) is 14.1. The van der Waals surface area contributed by atoms with Gasteiger partial charge in [-0.15, -0.1) is 0 Å². The highest BCUT2D eigenvalue weighted by atomic mass is 35.5. The molecule has 1 aliphatic heterocycles. The third-order valence-electron chi connectivity index (χ3n) is 3.79. The summed E-state index contributed by atoms with van der Waals surface area (Å²) in [6, 6.07) is 6.70. The van der Waals surface area contributed by atoms with Gasteiger partial charge in [0.25, 0.3) is 5.91 Å². The third kappa shape index (κ3) is 3.62. The molecule has 3 rings (SSSR count). The standard InChI is InChI=1S/C16H16Cl2N2O3/c1-10-7-15(23-19-10)13-3-2-6-20(13)16(21)9-22-14-5-4-11(17)8-12(14)18/h4-5,7-8,13H,2-3,6,9H2,1H3/t13-/m1/s1. The number of ether oxygens (including phenoxy) is 1. The Morgan fingerprint density at radius 2 is 2.26 bits per heavy atom. The monoisotopic (exact) mass is 354 g/mol. The van der Waals surface area contributed by atoms with Gasteiger partial charge in [0.05, 0.1) is 16.8 Å². The molecule has 1 atom stereocenters. The molecule has 23 heavy (non-hydrogen) atoms. The van der Waals surface area contributed by atoms with E-state index in [1.807, 2.05) is 13.0 Å². The number of hydrogen-bond donors (Lipinski definition) is 0. The van der Waals surface area contributed by atoms with Gasteiger partial charge in [0.1, 0.15) is 5.75 Å². The number of carbonyl (C=O) groups excluding carboxylic acids is 1. The number of nitrogens with zero attached hydrogens (tertiary/aromatic N) is 2. The van der Waals surface area contributed by atoms with Gasteiger partial charge in [-0.2, -0.15) is 0 Å². The summed E-state index contributed by atoms with van der Waals surface area (Å²) in [7, 11) is 0. The van der Waals surface area contributed by atoms with Gasteiger partial charge in [-0.25, -0.2) is 0 Å². The molecule has 0 N–H and O–H groups in total. The highest BCUT2D eigenvalue weighted by molar-refractivity contribution is 6.35. The number of likely N-dealkylation sites (tertiary alicyclic amines) is 1. The van der Waals surface area contributed by atoms with Crippen LogP contribution in [0.5, 0.6) is 5.75 Å². The third-order valence-corrected chi connectivity index (χ3v) is 4.32. The highest BCUT2D eigenvalue weighted by Crippen LogP contribution is 2.33. The smallest absolute Gasteiger partial charge is 0.261 e. The second-order valence-electron chi connectivity index (χ2n) is 5.48. The van der Waals surface area contributed by atoms with Crippen molar-refractivity contribution in [2.75, 3.05) is 13.2 Å². The Morgan fingerprint density at radius 3 is 2.96 bits per heavy atom. The van der Waals surface area contributed by atoms with Crippen LogP contribution >= 0.6 is 23.2 Å². The van der Waals surface area contributed by atoms with Crippen molar-refractivity contribution in [1.82, 2.24) is 10.1 Å². The van der Waals surface area contributed by atoms with E-state index in [4.69, 9.17) is 32.5 Å². The van der Waals surface area contributed by atoms with Crippen LogP contribution in [0.2, 0.25) is 10.0 Å². The van der Waals surface area contributed by atoms with E-state index in [2.05, 4.69) is 5.16 Å². The van der Waals surface area contributed by atoms with Crippen LogP contribution in [0.15, 0.2) is 28.8 Å². The van der Waals surface area contributed by atoms with Crippen LogP contribution in [0.1, 0.15) is 30.3 Å². The molecular weight excluding hydrogens is 339 g/mol. The molecule has 5 nitrogen and oxygen atoms in total. The van der Waals surface area contributed by atoms with E-state index in [-0.39, 0.29) is 18.6 Å². The predicted octanol–water partition coefficient (Wildman–Crippen LogP) is 4.03. The van der Waals surface area contributed by atoms with Gasteiger partial charge in [0, 0.05) is 17.6 Å². The maximum atomic E-state index is 12.5. The minimum atomic E-state index is -0.104. The lowest BCUT2D eigenvalue weighted by Crippen LogP contribution is -2.34. The second-order valence-corrected chi connectivity index (χ2v) is 6.32. The Labute approximate surface area is 144 Å². The van der Waals surface area contributed by atoms with Gasteiger partial charge < -0.3 is 14.2 Å². The lowest BCUT2D eigenvalue weighted by Gasteiger charge is -2.22. The van der Waals surface area contributed by atoms with Gasteiger partial charge in [0.15, 0.2) is 12.4 Å². The Kier molecular flexibility index (Phi) is 4.78.